The third-order valence-electron chi connectivity index (χ3n) is 14.0. The predicted octanol–water partition coefficient (Wildman–Crippen LogP) is 6.64. The van der Waals surface area contributed by atoms with E-state index in [4.69, 9.17) is 24.0 Å². The third-order valence-corrected chi connectivity index (χ3v) is 14.0. The van der Waals surface area contributed by atoms with Gasteiger partial charge in [-0.1, -0.05) is 58.1 Å². The van der Waals surface area contributed by atoms with E-state index in [1.165, 1.54) is 66.4 Å². The fourth-order valence-corrected chi connectivity index (χ4v) is 9.93. The normalized spacial score (nSPS) is 29.0. The van der Waals surface area contributed by atoms with Gasteiger partial charge in [0.15, 0.2) is 5.75 Å². The first-order valence-electron chi connectivity index (χ1n) is 23.9. The number of allylic oxidation sites excluding steroid dienone is 2. The first-order valence-corrected chi connectivity index (χ1v) is 23.9. The summed E-state index contributed by atoms with van der Waals surface area (Å²) in [4.78, 5) is 54.9. The quantitative estimate of drug-likeness (QED) is 0.0567. The number of phenols is 3. The van der Waals surface area contributed by atoms with Crippen LogP contribution in [0.2, 0.25) is 0 Å². The number of piperazine rings is 1. The molecule has 0 spiro atoms. The summed E-state index contributed by atoms with van der Waals surface area (Å²) in [6, 6.07) is 7.28. The number of hydrogen-bond donors (Lipinski definition) is 7. The Morgan fingerprint density at radius 3 is 2.15 bits per heavy atom. The molecule has 0 aromatic heterocycles. The number of hydrogen-bond acceptors (Lipinski definition) is 16. The number of amides is 2. The summed E-state index contributed by atoms with van der Waals surface area (Å²) >= 11 is 0. The number of Topliss-reactive ketones (excluding diaryl/α,β-unsaturated/α-hetero) is 1. The number of anilines is 2. The molecular weight excluding hydrogens is 915 g/mol. The maximum Gasteiger partial charge on any atom is 0.312 e. The molecule has 4 heterocycles. The number of esters is 1. The Bertz CT molecular complexity index is 2630. The van der Waals surface area contributed by atoms with Crippen LogP contribution in [0.25, 0.3) is 10.8 Å². The van der Waals surface area contributed by atoms with Crippen molar-refractivity contribution in [3.05, 3.63) is 82.7 Å². The van der Waals surface area contributed by atoms with Crippen molar-refractivity contribution in [1.82, 2.24) is 9.91 Å². The molecule has 3 aromatic rings. The highest BCUT2D eigenvalue weighted by molar-refractivity contribution is 6.24. The standard InChI is InChI=1S/C53H69N5O13/c1-26-14-13-15-27(2)52(67)56-43-38(22-54-58-28(3)23-57(24-29(58)4)25-36-16-18-37(19-17-36)55-34(9)59)47(64)40-41(48(43)65)46(63)33(8)50-42(40)51(66)53(11,71-50)69-21-20-39(68-12)30(5)49(70-35(10)60)32(7)45(62)31(6)44(26)61/h13-22,26,28-32,39,44-45,49,61-65H,23-25H2,1-12H3,(H,55,59)(H,56,67)/t26-,28-,29+,30+,31-,32-,39+,44-,45-,49+,53-/m0/s1. The molecule has 3 aromatic carbocycles. The van der Waals surface area contributed by atoms with Crippen molar-refractivity contribution in [2.24, 2.45) is 28.8 Å². The highest BCUT2D eigenvalue weighted by atomic mass is 16.7. The van der Waals surface area contributed by atoms with Crippen molar-refractivity contribution in [1.29, 1.82) is 0 Å². The topological polar surface area (TPSA) is 249 Å². The minimum Gasteiger partial charge on any atom is -0.507 e. The van der Waals surface area contributed by atoms with Gasteiger partial charge in [-0.05, 0) is 51.5 Å². The predicted molar refractivity (Wildman–Crippen MR) is 268 cm³/mol. The van der Waals surface area contributed by atoms with E-state index in [0.717, 1.165) is 5.56 Å². The van der Waals surface area contributed by atoms with E-state index in [2.05, 4.69) is 15.5 Å². The van der Waals surface area contributed by atoms with Gasteiger partial charge in [0.2, 0.25) is 5.91 Å². The van der Waals surface area contributed by atoms with Gasteiger partial charge in [-0.15, -0.1) is 0 Å². The van der Waals surface area contributed by atoms with Crippen LogP contribution in [0.1, 0.15) is 96.3 Å². The molecule has 11 atom stereocenters. The van der Waals surface area contributed by atoms with Crippen LogP contribution in [-0.4, -0.2) is 128 Å². The fourth-order valence-electron chi connectivity index (χ4n) is 9.93. The molecule has 0 aliphatic carbocycles. The van der Waals surface area contributed by atoms with E-state index >= 15 is 0 Å². The molecule has 7 N–H and O–H groups in total. The second kappa shape index (κ2) is 21.9. The second-order valence-electron chi connectivity index (χ2n) is 19.5. The lowest BCUT2D eigenvalue weighted by Crippen LogP contribution is -2.54. The van der Waals surface area contributed by atoms with Gasteiger partial charge < -0.3 is 55.1 Å². The molecule has 0 unspecified atom stereocenters. The summed E-state index contributed by atoms with van der Waals surface area (Å²) in [6.45, 7) is 19.8. The van der Waals surface area contributed by atoms with Crippen molar-refractivity contribution in [3.8, 4) is 23.0 Å². The number of aromatic hydroxyl groups is 3. The Morgan fingerprint density at radius 1 is 0.901 bits per heavy atom. The Balaban J connectivity index is 1.45. The smallest absolute Gasteiger partial charge is 0.312 e. The Kier molecular flexibility index (Phi) is 16.6. The van der Waals surface area contributed by atoms with Crippen LogP contribution in [0, 0.1) is 30.6 Å². The highest BCUT2D eigenvalue weighted by Gasteiger charge is 2.50. The number of nitrogens with zero attached hydrogens (tertiary/aromatic N) is 3. The number of benzene rings is 3. The number of rotatable bonds is 7. The molecule has 7 rings (SSSR count). The number of aliphatic hydroxyl groups is 2. The Hall–Kier alpha value is -6.47. The van der Waals surface area contributed by atoms with Crippen molar-refractivity contribution < 1.29 is 63.7 Å². The number of hydrazone groups is 1. The molecule has 1 saturated heterocycles. The molecule has 1 fully saturated rings. The molecule has 4 aliphatic heterocycles. The maximum atomic E-state index is 14.7. The molecule has 5 bridgehead atoms. The van der Waals surface area contributed by atoms with Crippen LogP contribution in [0.4, 0.5) is 11.4 Å². The zero-order valence-electron chi connectivity index (χ0n) is 42.5. The Labute approximate surface area is 414 Å². The zero-order chi connectivity index (χ0) is 52.4. The van der Waals surface area contributed by atoms with Crippen LogP contribution < -0.4 is 15.4 Å². The lowest BCUT2D eigenvalue weighted by molar-refractivity contribution is -0.160. The molecule has 0 radical (unpaired) electrons. The summed E-state index contributed by atoms with van der Waals surface area (Å²) in [5, 5.41) is 71.0. The number of carbonyl (C=O) groups excluding carboxylic acids is 4. The molecule has 0 saturated carbocycles. The maximum absolute atomic E-state index is 14.7. The summed E-state index contributed by atoms with van der Waals surface area (Å²) < 4.78 is 23.8. The number of aliphatic hydroxyl groups excluding tert-OH is 2. The van der Waals surface area contributed by atoms with Gasteiger partial charge in [0, 0.05) is 93.4 Å². The largest absolute Gasteiger partial charge is 0.507 e. The minimum atomic E-state index is -2.09. The van der Waals surface area contributed by atoms with Crippen LogP contribution in [0.5, 0.6) is 23.0 Å². The van der Waals surface area contributed by atoms with Crippen LogP contribution >= 0.6 is 0 Å². The number of ether oxygens (including phenoxy) is 4. The van der Waals surface area contributed by atoms with E-state index in [1.807, 2.05) is 43.1 Å². The molecule has 384 valence electrons. The van der Waals surface area contributed by atoms with Crippen molar-refractivity contribution in [2.45, 2.75) is 125 Å². The second-order valence-corrected chi connectivity index (χ2v) is 19.5. The van der Waals surface area contributed by atoms with Crippen LogP contribution in [0.3, 0.4) is 0 Å². The number of phenolic OH excluding ortho intramolecular Hbond substituents is 3. The number of carbonyl (C=O) groups is 4. The Morgan fingerprint density at radius 2 is 1.55 bits per heavy atom. The van der Waals surface area contributed by atoms with Crippen molar-refractivity contribution in [2.75, 3.05) is 30.8 Å². The van der Waals surface area contributed by atoms with Gasteiger partial charge in [-0.25, -0.2) is 0 Å². The average molecular weight is 984 g/mol. The summed E-state index contributed by atoms with van der Waals surface area (Å²) in [6.07, 6.45) is 4.76. The zero-order valence-corrected chi connectivity index (χ0v) is 42.5. The van der Waals surface area contributed by atoms with E-state index < -0.39 is 88.8 Å². The van der Waals surface area contributed by atoms with E-state index in [-0.39, 0.29) is 62.5 Å². The van der Waals surface area contributed by atoms with E-state index in [0.29, 0.717) is 25.3 Å². The lowest BCUT2D eigenvalue weighted by Gasteiger charge is -2.42. The molecule has 18 nitrogen and oxygen atoms in total. The van der Waals surface area contributed by atoms with Gasteiger partial charge >= 0.3 is 11.8 Å². The van der Waals surface area contributed by atoms with Gasteiger partial charge in [0.25, 0.3) is 11.7 Å². The fraction of sp³-hybridized carbons (Fsp3) is 0.491. The number of nitrogens with one attached hydrogen (secondary N) is 2. The molecule has 4 aliphatic rings. The number of fused-ring (bicyclic) bond motifs is 14. The van der Waals surface area contributed by atoms with Crippen LogP contribution in [0.15, 0.2) is 65.5 Å². The molecular formula is C53H69N5O13. The number of methoxy groups -OCH3 is 1. The minimum absolute atomic E-state index is 0.0344. The summed E-state index contributed by atoms with van der Waals surface area (Å²) in [7, 11) is 1.43. The summed E-state index contributed by atoms with van der Waals surface area (Å²) in [5.74, 6) is -8.81. The van der Waals surface area contributed by atoms with Gasteiger partial charge in [-0.3, -0.25) is 29.1 Å². The monoisotopic (exact) mass is 983 g/mol. The van der Waals surface area contributed by atoms with E-state index in [1.54, 1.807) is 39.8 Å². The lowest BCUT2D eigenvalue weighted by atomic mass is 9.78. The van der Waals surface area contributed by atoms with Crippen molar-refractivity contribution in [3.63, 3.8) is 0 Å². The van der Waals surface area contributed by atoms with Crippen LogP contribution in [-0.2, 0) is 35.1 Å². The third kappa shape index (κ3) is 11.2. The van der Waals surface area contributed by atoms with Crippen molar-refractivity contribution >= 4 is 51.9 Å². The SMILES string of the molecule is CO[C@@H]1C=CO[C@@]2(C)Oc3c(C)c(O)c4c(O)c(c(C=NN5[C@H](C)CN(Cc6ccc(NC(C)=O)cc6)C[C@@H]5C)c(O)c4c3C2=O)NC(=O)C(C)=CC=C[C@H](C)[C@H](O)[C@H](C)[C@H](O)[C@H](C)[C@H](OC(C)=O)[C@@H]1C. The summed E-state index contributed by atoms with van der Waals surface area (Å²) in [5.41, 5.74) is 1.25. The number of ketones is 1. The first kappa shape index (κ1) is 53.9. The molecule has 2 amide bonds. The average Bonchev–Trinajstić information content (AvgIpc) is 3.58. The van der Waals surface area contributed by atoms with Gasteiger partial charge in [0.1, 0.15) is 23.4 Å². The van der Waals surface area contributed by atoms with Gasteiger partial charge in [0.05, 0.1) is 65.1 Å². The first-order chi connectivity index (χ1) is 33.4. The highest BCUT2D eigenvalue weighted by Crippen LogP contribution is 2.55. The van der Waals surface area contributed by atoms with Gasteiger partial charge in [-0.2, -0.15) is 5.10 Å². The molecule has 18 heteroatoms. The van der Waals surface area contributed by atoms with E-state index in [9.17, 15) is 44.7 Å². The molecule has 71 heavy (non-hydrogen) atoms.